The fourth-order valence-corrected chi connectivity index (χ4v) is 3.57. The third-order valence-corrected chi connectivity index (χ3v) is 5.29. The Morgan fingerprint density at radius 3 is 2.68 bits per heavy atom. The number of para-hydroxylation sites is 1. The normalized spacial score (nSPS) is 14.5. The molecule has 3 rings (SSSR count). The van der Waals surface area contributed by atoms with Crippen LogP contribution in [0.25, 0.3) is 0 Å². The summed E-state index contributed by atoms with van der Waals surface area (Å²) in [5, 5.41) is 6.38. The summed E-state index contributed by atoms with van der Waals surface area (Å²) in [5.74, 6) is 0.673. The molecule has 1 atom stereocenters. The van der Waals surface area contributed by atoms with Crippen LogP contribution >= 0.6 is 0 Å². The zero-order chi connectivity index (χ0) is 22.1. The first-order valence-electron chi connectivity index (χ1n) is 10.8. The highest BCUT2D eigenvalue weighted by molar-refractivity contribution is 5.80. The van der Waals surface area contributed by atoms with Crippen LogP contribution in [0.1, 0.15) is 30.9 Å². The van der Waals surface area contributed by atoms with E-state index in [1.165, 1.54) is 17.2 Å². The van der Waals surface area contributed by atoms with Gasteiger partial charge in [-0.3, -0.25) is 9.79 Å². The SMILES string of the molecule is CN=C(NCCCC(=O)N1CCc2ccccc2C1)NCC(C)Oc1ccccc1F. The monoisotopic (exact) mass is 426 g/mol. The number of benzene rings is 2. The number of aliphatic imine (C=N–C) groups is 1. The van der Waals surface area contributed by atoms with Crippen LogP contribution in [0.3, 0.4) is 0 Å². The second kappa shape index (κ2) is 11.3. The molecule has 31 heavy (non-hydrogen) atoms. The van der Waals surface area contributed by atoms with Crippen molar-refractivity contribution in [2.45, 2.75) is 38.8 Å². The summed E-state index contributed by atoms with van der Waals surface area (Å²) in [4.78, 5) is 18.7. The lowest BCUT2D eigenvalue weighted by Crippen LogP contribution is -2.42. The number of guanidine groups is 1. The van der Waals surface area contributed by atoms with Crippen molar-refractivity contribution >= 4 is 11.9 Å². The highest BCUT2D eigenvalue weighted by atomic mass is 19.1. The lowest BCUT2D eigenvalue weighted by atomic mass is 9.99. The van der Waals surface area contributed by atoms with Gasteiger partial charge in [-0.1, -0.05) is 36.4 Å². The van der Waals surface area contributed by atoms with Gasteiger partial charge in [0.15, 0.2) is 17.5 Å². The third kappa shape index (κ3) is 6.70. The fraction of sp³-hybridized carbons (Fsp3) is 0.417. The van der Waals surface area contributed by atoms with Gasteiger partial charge >= 0.3 is 0 Å². The largest absolute Gasteiger partial charge is 0.486 e. The summed E-state index contributed by atoms with van der Waals surface area (Å²) in [6, 6.07) is 14.7. The second-order valence-electron chi connectivity index (χ2n) is 7.68. The number of ether oxygens (including phenoxy) is 1. The molecule has 1 heterocycles. The maximum absolute atomic E-state index is 13.7. The number of nitrogens with one attached hydrogen (secondary N) is 2. The van der Waals surface area contributed by atoms with Gasteiger partial charge in [0.1, 0.15) is 6.10 Å². The Kier molecular flexibility index (Phi) is 8.27. The molecular weight excluding hydrogens is 395 g/mol. The number of hydrogen-bond donors (Lipinski definition) is 2. The van der Waals surface area contributed by atoms with Gasteiger partial charge in [-0.25, -0.2) is 4.39 Å². The highest BCUT2D eigenvalue weighted by Crippen LogP contribution is 2.19. The van der Waals surface area contributed by atoms with E-state index in [9.17, 15) is 9.18 Å². The van der Waals surface area contributed by atoms with Gasteiger partial charge in [-0.15, -0.1) is 0 Å². The molecule has 0 spiro atoms. The summed E-state index contributed by atoms with van der Waals surface area (Å²) in [6.45, 7) is 4.46. The predicted molar refractivity (Wildman–Crippen MR) is 121 cm³/mol. The topological polar surface area (TPSA) is 66.0 Å². The Hall–Kier alpha value is -3.09. The van der Waals surface area contributed by atoms with Gasteiger partial charge < -0.3 is 20.3 Å². The average molecular weight is 427 g/mol. The van der Waals surface area contributed by atoms with Gasteiger partial charge in [0.2, 0.25) is 5.91 Å². The van der Waals surface area contributed by atoms with Gasteiger partial charge in [0.05, 0.1) is 6.54 Å². The van der Waals surface area contributed by atoms with E-state index >= 15 is 0 Å². The van der Waals surface area contributed by atoms with Crippen molar-refractivity contribution in [3.05, 3.63) is 65.5 Å². The van der Waals surface area contributed by atoms with Crippen molar-refractivity contribution in [3.8, 4) is 5.75 Å². The number of carbonyl (C=O) groups excluding carboxylic acids is 1. The minimum atomic E-state index is -0.376. The molecule has 0 bridgehead atoms. The van der Waals surface area contributed by atoms with Crippen molar-refractivity contribution in [1.29, 1.82) is 0 Å². The molecular formula is C24H31FN4O2. The quantitative estimate of drug-likeness (QED) is 0.387. The Labute approximate surface area is 183 Å². The molecule has 0 fully saturated rings. The van der Waals surface area contributed by atoms with E-state index in [1.54, 1.807) is 25.2 Å². The minimum absolute atomic E-state index is 0.186. The molecule has 0 aliphatic carbocycles. The molecule has 1 amide bonds. The van der Waals surface area contributed by atoms with Crippen LogP contribution in [0.15, 0.2) is 53.5 Å². The summed E-state index contributed by atoms with van der Waals surface area (Å²) < 4.78 is 19.3. The van der Waals surface area contributed by atoms with Gasteiger partial charge in [0.25, 0.3) is 0 Å². The van der Waals surface area contributed by atoms with Crippen molar-refractivity contribution in [2.75, 3.05) is 26.7 Å². The van der Waals surface area contributed by atoms with E-state index < -0.39 is 0 Å². The van der Waals surface area contributed by atoms with Crippen molar-refractivity contribution in [3.63, 3.8) is 0 Å². The zero-order valence-electron chi connectivity index (χ0n) is 18.2. The smallest absolute Gasteiger partial charge is 0.222 e. The van der Waals surface area contributed by atoms with Gasteiger partial charge in [0, 0.05) is 33.1 Å². The van der Waals surface area contributed by atoms with Crippen LogP contribution in [-0.2, 0) is 17.8 Å². The van der Waals surface area contributed by atoms with Crippen molar-refractivity contribution in [1.82, 2.24) is 15.5 Å². The molecule has 166 valence electrons. The van der Waals surface area contributed by atoms with Gasteiger partial charge in [-0.05, 0) is 43.0 Å². The van der Waals surface area contributed by atoms with Crippen LogP contribution in [0, 0.1) is 5.82 Å². The van der Waals surface area contributed by atoms with E-state index in [-0.39, 0.29) is 23.6 Å². The van der Waals surface area contributed by atoms with Crippen molar-refractivity contribution < 1.29 is 13.9 Å². The molecule has 2 N–H and O–H groups in total. The third-order valence-electron chi connectivity index (χ3n) is 5.29. The predicted octanol–water partition coefficient (Wildman–Crippen LogP) is 3.12. The first-order valence-corrected chi connectivity index (χ1v) is 10.8. The molecule has 2 aromatic rings. The summed E-state index contributed by atoms with van der Waals surface area (Å²) in [6.07, 6.45) is 1.90. The molecule has 7 heteroatoms. The van der Waals surface area contributed by atoms with E-state index in [2.05, 4.69) is 33.8 Å². The fourth-order valence-electron chi connectivity index (χ4n) is 3.57. The van der Waals surface area contributed by atoms with Crippen LogP contribution in [-0.4, -0.2) is 49.6 Å². The van der Waals surface area contributed by atoms with Crippen LogP contribution in [0.2, 0.25) is 0 Å². The zero-order valence-corrected chi connectivity index (χ0v) is 18.2. The summed E-state index contributed by atoms with van der Waals surface area (Å²) >= 11 is 0. The number of fused-ring (bicyclic) bond motifs is 1. The first-order chi connectivity index (χ1) is 15.1. The number of hydrogen-bond acceptors (Lipinski definition) is 3. The van der Waals surface area contributed by atoms with Crippen LogP contribution < -0.4 is 15.4 Å². The Bertz CT molecular complexity index is 903. The Morgan fingerprint density at radius 2 is 1.90 bits per heavy atom. The summed E-state index contributed by atoms with van der Waals surface area (Å²) in [7, 11) is 1.69. The first kappa shape index (κ1) is 22.6. The molecule has 0 saturated heterocycles. The molecule has 6 nitrogen and oxygen atoms in total. The Balaban J connectivity index is 1.34. The van der Waals surface area contributed by atoms with E-state index in [1.807, 2.05) is 17.9 Å². The number of carbonyl (C=O) groups is 1. The maximum Gasteiger partial charge on any atom is 0.222 e. The van der Waals surface area contributed by atoms with Crippen LogP contribution in [0.4, 0.5) is 4.39 Å². The standard InChI is InChI=1S/C24H31FN4O2/c1-18(31-22-11-6-5-10-21(22)25)16-28-24(26-2)27-14-7-12-23(30)29-15-13-19-8-3-4-9-20(19)17-29/h3-6,8-11,18H,7,12-17H2,1-2H3,(H2,26,27,28). The maximum atomic E-state index is 13.7. The molecule has 1 unspecified atom stereocenters. The van der Waals surface area contributed by atoms with Gasteiger partial charge in [-0.2, -0.15) is 0 Å². The lowest BCUT2D eigenvalue weighted by molar-refractivity contribution is -0.132. The van der Waals surface area contributed by atoms with E-state index in [0.717, 1.165) is 19.4 Å². The number of nitrogens with zero attached hydrogens (tertiary/aromatic N) is 2. The molecule has 1 aliphatic rings. The van der Waals surface area contributed by atoms with E-state index in [0.29, 0.717) is 32.0 Å². The molecule has 0 aromatic heterocycles. The number of halogens is 1. The molecule has 2 aromatic carbocycles. The summed E-state index contributed by atoms with van der Waals surface area (Å²) in [5.41, 5.74) is 2.59. The van der Waals surface area contributed by atoms with Crippen LogP contribution in [0.5, 0.6) is 5.75 Å². The Morgan fingerprint density at radius 1 is 1.16 bits per heavy atom. The minimum Gasteiger partial charge on any atom is -0.486 e. The molecule has 0 radical (unpaired) electrons. The molecule has 0 saturated carbocycles. The van der Waals surface area contributed by atoms with E-state index in [4.69, 9.17) is 4.74 Å². The lowest BCUT2D eigenvalue weighted by Gasteiger charge is -2.29. The van der Waals surface area contributed by atoms with Crippen molar-refractivity contribution in [2.24, 2.45) is 4.99 Å². The number of amides is 1. The number of rotatable bonds is 8. The second-order valence-corrected chi connectivity index (χ2v) is 7.68. The highest BCUT2D eigenvalue weighted by Gasteiger charge is 2.19. The molecule has 1 aliphatic heterocycles. The average Bonchev–Trinajstić information content (AvgIpc) is 2.79.